The molecule has 0 spiro atoms. The van der Waals surface area contributed by atoms with Gasteiger partial charge in [-0.05, 0) is 49.2 Å². The zero-order chi connectivity index (χ0) is 17.6. The van der Waals surface area contributed by atoms with Crippen LogP contribution in [0.25, 0.3) is 0 Å². The molecular formula is C20H19BrN2O2. The highest BCUT2D eigenvalue weighted by Crippen LogP contribution is 2.28. The number of hydrogen-bond acceptors (Lipinski definition) is 2. The summed E-state index contributed by atoms with van der Waals surface area (Å²) in [6.07, 6.45) is 5.07. The molecule has 3 rings (SSSR count). The lowest BCUT2D eigenvalue weighted by molar-refractivity contribution is -0.129. The summed E-state index contributed by atoms with van der Waals surface area (Å²) in [6.45, 7) is 0. The molecule has 2 amide bonds. The minimum atomic E-state index is -0.377. The van der Waals surface area contributed by atoms with Crippen LogP contribution in [0.2, 0.25) is 0 Å². The van der Waals surface area contributed by atoms with Gasteiger partial charge in [-0.2, -0.15) is 0 Å². The second-order valence-electron chi connectivity index (χ2n) is 6.01. The van der Waals surface area contributed by atoms with E-state index < -0.39 is 0 Å². The summed E-state index contributed by atoms with van der Waals surface area (Å²) in [5, 5.41) is 5.82. The van der Waals surface area contributed by atoms with E-state index in [9.17, 15) is 9.59 Å². The summed E-state index contributed by atoms with van der Waals surface area (Å²) in [4.78, 5) is 25.3. The first-order chi connectivity index (χ1) is 12.1. The summed E-state index contributed by atoms with van der Waals surface area (Å²) < 4.78 is 0.950. The molecule has 0 saturated heterocycles. The SMILES string of the molecule is O=C(Nc1ccccc1)C1CC=CCC1C(=O)Nc1ccc(Br)cc1. The van der Waals surface area contributed by atoms with Gasteiger partial charge in [-0.15, -0.1) is 0 Å². The molecule has 2 aromatic carbocycles. The Hall–Kier alpha value is -2.40. The van der Waals surface area contributed by atoms with E-state index in [4.69, 9.17) is 0 Å². The Morgan fingerprint density at radius 3 is 1.76 bits per heavy atom. The van der Waals surface area contributed by atoms with Crippen molar-refractivity contribution in [3.05, 3.63) is 71.2 Å². The van der Waals surface area contributed by atoms with E-state index in [1.807, 2.05) is 66.7 Å². The lowest BCUT2D eigenvalue weighted by Crippen LogP contribution is -2.37. The van der Waals surface area contributed by atoms with E-state index >= 15 is 0 Å². The normalized spacial score (nSPS) is 19.2. The maximum absolute atomic E-state index is 12.7. The molecule has 0 radical (unpaired) electrons. The average molecular weight is 399 g/mol. The van der Waals surface area contributed by atoms with E-state index in [1.165, 1.54) is 0 Å². The van der Waals surface area contributed by atoms with Gasteiger partial charge in [-0.1, -0.05) is 46.3 Å². The predicted molar refractivity (Wildman–Crippen MR) is 103 cm³/mol. The van der Waals surface area contributed by atoms with Crippen molar-refractivity contribution in [3.8, 4) is 0 Å². The molecule has 0 heterocycles. The fourth-order valence-corrected chi connectivity index (χ4v) is 3.18. The van der Waals surface area contributed by atoms with Gasteiger partial charge in [0.15, 0.2) is 0 Å². The third kappa shape index (κ3) is 4.57. The Balaban J connectivity index is 1.69. The zero-order valence-electron chi connectivity index (χ0n) is 13.6. The number of nitrogens with one attached hydrogen (secondary N) is 2. The molecule has 2 aromatic rings. The van der Waals surface area contributed by atoms with Crippen molar-refractivity contribution in [2.75, 3.05) is 10.6 Å². The molecule has 2 unspecified atom stereocenters. The number of halogens is 1. The van der Waals surface area contributed by atoms with Crippen LogP contribution in [0.1, 0.15) is 12.8 Å². The van der Waals surface area contributed by atoms with Crippen molar-refractivity contribution in [3.63, 3.8) is 0 Å². The third-order valence-corrected chi connectivity index (χ3v) is 4.79. The standard InChI is InChI=1S/C20H19BrN2O2/c21-14-10-12-16(13-11-14)23-20(25)18-9-5-4-8-17(18)19(24)22-15-6-2-1-3-7-15/h1-7,10-13,17-18H,8-9H2,(H,22,24)(H,23,25). The van der Waals surface area contributed by atoms with E-state index in [1.54, 1.807) is 0 Å². The van der Waals surface area contributed by atoms with Gasteiger partial charge in [0.1, 0.15) is 0 Å². The molecule has 2 N–H and O–H groups in total. The van der Waals surface area contributed by atoms with Gasteiger partial charge in [0.25, 0.3) is 0 Å². The minimum absolute atomic E-state index is 0.119. The maximum atomic E-state index is 12.7. The van der Waals surface area contributed by atoms with E-state index in [0.717, 1.165) is 15.8 Å². The molecule has 25 heavy (non-hydrogen) atoms. The molecule has 0 fully saturated rings. The van der Waals surface area contributed by atoms with Crippen LogP contribution in [-0.4, -0.2) is 11.8 Å². The highest BCUT2D eigenvalue weighted by molar-refractivity contribution is 9.10. The van der Waals surface area contributed by atoms with Gasteiger partial charge in [-0.25, -0.2) is 0 Å². The van der Waals surface area contributed by atoms with Crippen molar-refractivity contribution in [1.29, 1.82) is 0 Å². The molecule has 128 valence electrons. The van der Waals surface area contributed by atoms with Crippen molar-refractivity contribution < 1.29 is 9.59 Å². The minimum Gasteiger partial charge on any atom is -0.326 e. The topological polar surface area (TPSA) is 58.2 Å². The quantitative estimate of drug-likeness (QED) is 0.738. The molecule has 0 aromatic heterocycles. The first-order valence-electron chi connectivity index (χ1n) is 8.21. The zero-order valence-corrected chi connectivity index (χ0v) is 15.2. The van der Waals surface area contributed by atoms with Gasteiger partial charge in [0, 0.05) is 15.8 Å². The second-order valence-corrected chi connectivity index (χ2v) is 6.92. The number of amides is 2. The Morgan fingerprint density at radius 1 is 0.760 bits per heavy atom. The number of rotatable bonds is 4. The summed E-state index contributed by atoms with van der Waals surface area (Å²) in [6, 6.07) is 16.7. The Kier molecular flexibility index (Phi) is 5.66. The number of para-hydroxylation sites is 1. The highest BCUT2D eigenvalue weighted by Gasteiger charge is 2.34. The van der Waals surface area contributed by atoms with E-state index in [0.29, 0.717) is 12.8 Å². The lowest BCUT2D eigenvalue weighted by atomic mass is 9.81. The van der Waals surface area contributed by atoms with Crippen molar-refractivity contribution in [2.24, 2.45) is 11.8 Å². The molecule has 1 aliphatic carbocycles. The fourth-order valence-electron chi connectivity index (χ4n) is 2.92. The monoisotopic (exact) mass is 398 g/mol. The van der Waals surface area contributed by atoms with Crippen molar-refractivity contribution >= 4 is 39.1 Å². The average Bonchev–Trinajstić information content (AvgIpc) is 2.64. The predicted octanol–water partition coefficient (Wildman–Crippen LogP) is 4.61. The summed E-state index contributed by atoms with van der Waals surface area (Å²) in [7, 11) is 0. The largest absolute Gasteiger partial charge is 0.326 e. The van der Waals surface area contributed by atoms with Gasteiger partial charge < -0.3 is 10.6 Å². The Labute approximate surface area is 155 Å². The number of hydrogen-bond donors (Lipinski definition) is 2. The van der Waals surface area contributed by atoms with Crippen LogP contribution in [0.15, 0.2) is 71.2 Å². The summed E-state index contributed by atoms with van der Waals surface area (Å²) in [5.74, 6) is -0.996. The highest BCUT2D eigenvalue weighted by atomic mass is 79.9. The van der Waals surface area contributed by atoms with E-state index in [2.05, 4.69) is 26.6 Å². The summed E-state index contributed by atoms with van der Waals surface area (Å²) in [5.41, 5.74) is 1.47. The second kappa shape index (κ2) is 8.12. The van der Waals surface area contributed by atoms with Crippen LogP contribution in [-0.2, 0) is 9.59 Å². The van der Waals surface area contributed by atoms with Gasteiger partial charge in [-0.3, -0.25) is 9.59 Å². The number of allylic oxidation sites excluding steroid dienone is 2. The number of carbonyl (C=O) groups excluding carboxylic acids is 2. The third-order valence-electron chi connectivity index (χ3n) is 4.26. The van der Waals surface area contributed by atoms with Crippen LogP contribution in [0.4, 0.5) is 11.4 Å². The lowest BCUT2D eigenvalue weighted by Gasteiger charge is -2.26. The molecule has 5 heteroatoms. The molecule has 0 bridgehead atoms. The molecule has 1 aliphatic rings. The number of carbonyl (C=O) groups is 2. The Bertz CT molecular complexity index is 772. The van der Waals surface area contributed by atoms with Crippen LogP contribution < -0.4 is 10.6 Å². The molecule has 0 aliphatic heterocycles. The van der Waals surface area contributed by atoms with Crippen molar-refractivity contribution in [1.82, 2.24) is 0 Å². The fraction of sp³-hybridized carbons (Fsp3) is 0.200. The van der Waals surface area contributed by atoms with E-state index in [-0.39, 0.29) is 23.7 Å². The number of benzene rings is 2. The van der Waals surface area contributed by atoms with Crippen LogP contribution in [0.3, 0.4) is 0 Å². The van der Waals surface area contributed by atoms with Gasteiger partial charge in [0.05, 0.1) is 11.8 Å². The summed E-state index contributed by atoms with van der Waals surface area (Å²) >= 11 is 3.37. The molecule has 0 saturated carbocycles. The van der Waals surface area contributed by atoms with Crippen LogP contribution in [0.5, 0.6) is 0 Å². The van der Waals surface area contributed by atoms with Crippen molar-refractivity contribution in [2.45, 2.75) is 12.8 Å². The first kappa shape index (κ1) is 17.4. The van der Waals surface area contributed by atoms with Crippen LogP contribution >= 0.6 is 15.9 Å². The molecule has 2 atom stereocenters. The van der Waals surface area contributed by atoms with Crippen LogP contribution in [0, 0.1) is 11.8 Å². The first-order valence-corrected chi connectivity index (χ1v) is 9.00. The Morgan fingerprint density at radius 2 is 1.24 bits per heavy atom. The van der Waals surface area contributed by atoms with Gasteiger partial charge in [0.2, 0.25) is 11.8 Å². The van der Waals surface area contributed by atoms with Gasteiger partial charge >= 0.3 is 0 Å². The smallest absolute Gasteiger partial charge is 0.228 e. The molecule has 4 nitrogen and oxygen atoms in total. The number of anilines is 2. The molecular weight excluding hydrogens is 380 g/mol. The maximum Gasteiger partial charge on any atom is 0.228 e.